The molecule has 3 heterocycles. The summed E-state index contributed by atoms with van der Waals surface area (Å²) in [6.07, 6.45) is 5.00. The van der Waals surface area contributed by atoms with E-state index in [1.54, 1.807) is 0 Å². The number of rotatable bonds is 16. The van der Waals surface area contributed by atoms with Gasteiger partial charge < -0.3 is 24.6 Å². The predicted octanol–water partition coefficient (Wildman–Crippen LogP) is 8.37. The number of pyridine rings is 1. The summed E-state index contributed by atoms with van der Waals surface area (Å²) in [6, 6.07) is 16.3. The van der Waals surface area contributed by atoms with E-state index < -0.39 is 28.2 Å². The quantitative estimate of drug-likeness (QED) is 0.0656. The highest BCUT2D eigenvalue weighted by Crippen LogP contribution is 2.43. The topological polar surface area (TPSA) is 122 Å². The molecule has 50 heavy (non-hydrogen) atoms. The Bertz CT molecular complexity index is 1700. The number of aromatic nitrogens is 4. The molecule has 1 saturated carbocycles. The Labute approximate surface area is 306 Å². The van der Waals surface area contributed by atoms with Gasteiger partial charge >= 0.3 is 5.97 Å². The number of hydrogen-bond donors (Lipinski definition) is 2. The molecule has 1 aromatic carbocycles. The molecular formula is C37H52BrN5O5Si2. The summed E-state index contributed by atoms with van der Waals surface area (Å²) in [6.45, 7) is 16.1. The zero-order valence-corrected chi connectivity index (χ0v) is 33.8. The molecule has 0 radical (unpaired) electrons. The highest BCUT2D eigenvalue weighted by atomic mass is 79.9. The second-order valence-electron chi connectivity index (χ2n) is 15.9. The second-order valence-corrected chi connectivity index (χ2v) is 27.9. The van der Waals surface area contributed by atoms with Gasteiger partial charge in [-0.25, -0.2) is 9.78 Å². The molecule has 3 aromatic heterocycles. The van der Waals surface area contributed by atoms with Crippen LogP contribution in [0.4, 0.5) is 5.82 Å². The molecule has 1 fully saturated rings. The third kappa shape index (κ3) is 9.88. The van der Waals surface area contributed by atoms with Gasteiger partial charge in [0.2, 0.25) is 0 Å². The van der Waals surface area contributed by atoms with E-state index in [2.05, 4.69) is 66.2 Å². The molecule has 13 heteroatoms. The van der Waals surface area contributed by atoms with Gasteiger partial charge in [0.1, 0.15) is 13.5 Å². The van der Waals surface area contributed by atoms with Crippen molar-refractivity contribution in [1.82, 2.24) is 19.6 Å². The van der Waals surface area contributed by atoms with Gasteiger partial charge in [-0.2, -0.15) is 9.61 Å². The van der Waals surface area contributed by atoms with Crippen molar-refractivity contribution in [3.63, 3.8) is 0 Å². The zero-order valence-electron chi connectivity index (χ0n) is 30.2. The number of benzene rings is 1. The number of ether oxygens (including phenoxy) is 2. The zero-order chi connectivity index (χ0) is 36.1. The minimum atomic E-state index is -1.35. The molecule has 1 unspecified atom stereocenters. The van der Waals surface area contributed by atoms with Crippen LogP contribution >= 0.6 is 15.9 Å². The average molecular weight is 783 g/mol. The van der Waals surface area contributed by atoms with E-state index in [-0.39, 0.29) is 11.8 Å². The highest BCUT2D eigenvalue weighted by molar-refractivity contribution is 9.10. The number of carboxylic acids is 1. The summed E-state index contributed by atoms with van der Waals surface area (Å²) in [4.78, 5) is 23.7. The van der Waals surface area contributed by atoms with Crippen molar-refractivity contribution in [2.45, 2.75) is 89.1 Å². The van der Waals surface area contributed by atoms with Crippen LogP contribution < -0.4 is 4.90 Å². The predicted molar refractivity (Wildman–Crippen MR) is 208 cm³/mol. The van der Waals surface area contributed by atoms with E-state index >= 15 is 0 Å². The molecule has 5 rings (SSSR count). The van der Waals surface area contributed by atoms with Crippen LogP contribution in [0.15, 0.2) is 59.3 Å². The Balaban J connectivity index is 1.54. The van der Waals surface area contributed by atoms with E-state index in [9.17, 15) is 15.0 Å². The monoisotopic (exact) mass is 781 g/mol. The van der Waals surface area contributed by atoms with E-state index in [0.29, 0.717) is 58.0 Å². The third-order valence-electron chi connectivity index (χ3n) is 9.38. The van der Waals surface area contributed by atoms with Gasteiger partial charge in [-0.3, -0.25) is 4.98 Å². The summed E-state index contributed by atoms with van der Waals surface area (Å²) in [5.74, 6) is -0.569. The van der Waals surface area contributed by atoms with Crippen molar-refractivity contribution in [1.29, 1.82) is 0 Å². The largest absolute Gasteiger partial charge is 0.479 e. The molecule has 0 aliphatic heterocycles. The van der Waals surface area contributed by atoms with Crippen molar-refractivity contribution in [2.75, 3.05) is 31.6 Å². The maximum Gasteiger partial charge on any atom is 0.332 e. The van der Waals surface area contributed by atoms with Crippen molar-refractivity contribution in [2.24, 2.45) is 5.92 Å². The number of halogens is 1. The molecular weight excluding hydrogens is 731 g/mol. The fourth-order valence-electron chi connectivity index (χ4n) is 6.23. The number of nitrogens with zero attached hydrogens (tertiary/aromatic N) is 5. The van der Waals surface area contributed by atoms with E-state index in [1.807, 2.05) is 53.3 Å². The first-order valence-electron chi connectivity index (χ1n) is 17.6. The normalized spacial score (nSPS) is 17.6. The Morgan fingerprint density at radius 2 is 1.54 bits per heavy atom. The maximum atomic E-state index is 11.5. The minimum absolute atomic E-state index is 0.0640. The van der Waals surface area contributed by atoms with Crippen LogP contribution in [0.1, 0.15) is 37.3 Å². The van der Waals surface area contributed by atoms with Crippen molar-refractivity contribution in [3.8, 4) is 22.4 Å². The van der Waals surface area contributed by atoms with Gasteiger partial charge in [0.15, 0.2) is 17.6 Å². The van der Waals surface area contributed by atoms with Gasteiger partial charge in [-0.05, 0) is 65.7 Å². The number of carboxylic acid groups (broad SMARTS) is 1. The molecule has 1 aliphatic carbocycles. The molecule has 4 aromatic rings. The van der Waals surface area contributed by atoms with Gasteiger partial charge in [-0.1, -0.05) is 75.7 Å². The molecule has 2 N–H and O–H groups in total. The van der Waals surface area contributed by atoms with Crippen LogP contribution in [0.3, 0.4) is 0 Å². The first-order chi connectivity index (χ1) is 23.7. The smallest absolute Gasteiger partial charge is 0.332 e. The molecule has 1 aliphatic rings. The number of anilines is 1. The number of carbonyl (C=O) groups is 1. The Morgan fingerprint density at radius 1 is 0.920 bits per heavy atom. The van der Waals surface area contributed by atoms with Gasteiger partial charge in [0.05, 0.1) is 22.1 Å². The molecule has 0 amide bonds. The van der Waals surface area contributed by atoms with E-state index in [4.69, 9.17) is 24.5 Å². The lowest BCUT2D eigenvalue weighted by Crippen LogP contribution is -2.34. The molecule has 0 saturated heterocycles. The fourth-order valence-corrected chi connectivity index (χ4v) is 8.58. The van der Waals surface area contributed by atoms with Gasteiger partial charge in [-0.15, -0.1) is 0 Å². The van der Waals surface area contributed by atoms with Crippen molar-refractivity contribution in [3.05, 3.63) is 65.0 Å². The van der Waals surface area contributed by atoms with Crippen LogP contribution in [-0.2, 0) is 14.3 Å². The number of aliphatic hydroxyl groups is 1. The van der Waals surface area contributed by atoms with Crippen molar-refractivity contribution < 1.29 is 24.5 Å². The number of hydrogen-bond acceptors (Lipinski definition) is 8. The number of fused-ring (bicyclic) bond motifs is 1. The van der Waals surface area contributed by atoms with E-state index in [1.165, 1.54) is 0 Å². The van der Waals surface area contributed by atoms with Crippen LogP contribution in [-0.4, -0.2) is 84.7 Å². The summed E-state index contributed by atoms with van der Waals surface area (Å²) in [5, 5.41) is 24.6. The lowest BCUT2D eigenvalue weighted by molar-refractivity contribution is -0.150. The van der Waals surface area contributed by atoms with Crippen LogP contribution in [0.5, 0.6) is 0 Å². The maximum absolute atomic E-state index is 11.5. The number of aliphatic carboxylic acids is 1. The number of aliphatic hydroxyl groups excluding tert-OH is 1. The summed E-state index contributed by atoms with van der Waals surface area (Å²) < 4.78 is 15.4. The Hall–Kier alpha value is -2.95. The van der Waals surface area contributed by atoms with Crippen LogP contribution in [0, 0.1) is 5.92 Å². The fraction of sp³-hybridized carbons (Fsp3) is 0.514. The molecule has 0 spiro atoms. The first-order valence-corrected chi connectivity index (χ1v) is 25.8. The lowest BCUT2D eigenvalue weighted by Gasteiger charge is -2.32. The summed E-state index contributed by atoms with van der Waals surface area (Å²) >= 11 is 3.97. The minimum Gasteiger partial charge on any atom is -0.479 e. The Kier molecular flexibility index (Phi) is 12.7. The van der Waals surface area contributed by atoms with Gasteiger partial charge in [0, 0.05) is 58.2 Å². The standard InChI is InChI=1S/C37H52BrN5O5Si2/c1-49(2,3)20-18-47-24-42(25-48-19-21-50(4,5)6)36-32(38)33(27-12-14-28(15-13-27)34(44)37(45)46)41-35-30(23-40-43(35)36)29-16-17-31(39-22-29)26-10-8-7-9-11-26/h7-11,16-17,22-23,27-28,34,44H,12-15,18-21,24-25H2,1-6H3,(H,45,46). The van der Waals surface area contributed by atoms with E-state index in [0.717, 1.165) is 50.5 Å². The molecule has 1 atom stereocenters. The Morgan fingerprint density at radius 3 is 2.08 bits per heavy atom. The van der Waals surface area contributed by atoms with Gasteiger partial charge in [0.25, 0.3) is 0 Å². The second kappa shape index (κ2) is 16.6. The third-order valence-corrected chi connectivity index (χ3v) is 13.5. The first kappa shape index (κ1) is 38.3. The molecule has 270 valence electrons. The lowest BCUT2D eigenvalue weighted by atomic mass is 9.78. The average Bonchev–Trinajstić information content (AvgIpc) is 3.50. The van der Waals surface area contributed by atoms with Crippen LogP contribution in [0.2, 0.25) is 51.4 Å². The highest BCUT2D eigenvalue weighted by Gasteiger charge is 2.34. The molecule has 0 bridgehead atoms. The summed E-state index contributed by atoms with van der Waals surface area (Å²) in [5.41, 5.74) is 5.30. The summed E-state index contributed by atoms with van der Waals surface area (Å²) in [7, 11) is -2.59. The SMILES string of the molecule is C[Si](C)(C)CCOCN(COCC[Si](C)(C)C)c1c(Br)c(C2CCC(C(O)C(=O)O)CC2)nc2c(-c3ccc(-c4ccccc4)nc3)cnn12. The molecule has 10 nitrogen and oxygen atoms in total. The van der Waals surface area contributed by atoms with Crippen molar-refractivity contribution >= 4 is 49.5 Å². The van der Waals surface area contributed by atoms with Crippen LogP contribution in [0.25, 0.3) is 28.0 Å².